The average Bonchev–Trinajstić information content (AvgIpc) is 2.70. The molecule has 0 aliphatic rings. The molecule has 0 fully saturated rings. The van der Waals surface area contributed by atoms with Gasteiger partial charge in [0.2, 0.25) is 0 Å². The zero-order valence-electron chi connectivity index (χ0n) is 9.28. The standard InChI is InChI=1S/C13H12BrFOS/c1-8-6-17-7-11(8)13(16)5-9-4-10(15)2-3-12(9)14/h2-4,6-7,13,16H,5H2,1H3. The SMILES string of the molecule is Cc1cscc1C(O)Cc1cc(F)ccc1Br. The van der Waals surface area contributed by atoms with Crippen molar-refractivity contribution in [2.24, 2.45) is 0 Å². The van der Waals surface area contributed by atoms with Crippen LogP contribution in [0.25, 0.3) is 0 Å². The second-order valence-corrected chi connectivity index (χ2v) is 5.56. The Morgan fingerprint density at radius 3 is 2.82 bits per heavy atom. The molecule has 1 heterocycles. The second-order valence-electron chi connectivity index (χ2n) is 3.97. The Morgan fingerprint density at radius 1 is 1.41 bits per heavy atom. The number of rotatable bonds is 3. The fourth-order valence-electron chi connectivity index (χ4n) is 1.73. The van der Waals surface area contributed by atoms with Crippen molar-refractivity contribution in [2.75, 3.05) is 0 Å². The highest BCUT2D eigenvalue weighted by atomic mass is 79.9. The molecule has 0 saturated heterocycles. The molecule has 1 nitrogen and oxygen atoms in total. The van der Waals surface area contributed by atoms with Crippen LogP contribution >= 0.6 is 27.3 Å². The molecule has 2 rings (SSSR count). The first-order valence-corrected chi connectivity index (χ1v) is 6.96. The van der Waals surface area contributed by atoms with Gasteiger partial charge >= 0.3 is 0 Å². The fourth-order valence-corrected chi connectivity index (χ4v) is 3.04. The number of hydrogen-bond donors (Lipinski definition) is 1. The number of aliphatic hydroxyl groups excluding tert-OH is 1. The van der Waals surface area contributed by atoms with Crippen molar-refractivity contribution in [3.63, 3.8) is 0 Å². The van der Waals surface area contributed by atoms with Crippen molar-refractivity contribution in [3.05, 3.63) is 55.9 Å². The van der Waals surface area contributed by atoms with Gasteiger partial charge in [-0.05, 0) is 52.6 Å². The number of halogens is 2. The third-order valence-electron chi connectivity index (χ3n) is 2.68. The number of aliphatic hydroxyl groups is 1. The highest BCUT2D eigenvalue weighted by Gasteiger charge is 2.14. The van der Waals surface area contributed by atoms with Crippen molar-refractivity contribution >= 4 is 27.3 Å². The monoisotopic (exact) mass is 314 g/mol. The fraction of sp³-hybridized carbons (Fsp3) is 0.231. The van der Waals surface area contributed by atoms with Crippen LogP contribution in [0.15, 0.2) is 33.4 Å². The minimum absolute atomic E-state index is 0.280. The molecule has 0 saturated carbocycles. The van der Waals surface area contributed by atoms with Gasteiger partial charge in [0.25, 0.3) is 0 Å². The molecule has 0 bridgehead atoms. The number of hydrogen-bond acceptors (Lipinski definition) is 2. The van der Waals surface area contributed by atoms with Crippen LogP contribution in [-0.2, 0) is 6.42 Å². The zero-order chi connectivity index (χ0) is 12.4. The molecule has 1 unspecified atom stereocenters. The summed E-state index contributed by atoms with van der Waals surface area (Å²) in [5.41, 5.74) is 2.78. The molecule has 17 heavy (non-hydrogen) atoms. The van der Waals surface area contributed by atoms with Crippen LogP contribution in [0.4, 0.5) is 4.39 Å². The Labute approximate surface area is 112 Å². The summed E-state index contributed by atoms with van der Waals surface area (Å²) < 4.78 is 13.9. The van der Waals surface area contributed by atoms with Gasteiger partial charge in [0.05, 0.1) is 6.10 Å². The molecule has 90 valence electrons. The molecular formula is C13H12BrFOS. The van der Waals surface area contributed by atoms with E-state index >= 15 is 0 Å². The molecule has 0 aliphatic heterocycles. The smallest absolute Gasteiger partial charge is 0.123 e. The number of thiophene rings is 1. The summed E-state index contributed by atoms with van der Waals surface area (Å²) in [6.45, 7) is 1.97. The minimum atomic E-state index is -0.584. The Hall–Kier alpha value is -0.710. The summed E-state index contributed by atoms with van der Waals surface area (Å²) in [4.78, 5) is 0. The van der Waals surface area contributed by atoms with Gasteiger partial charge in [-0.3, -0.25) is 0 Å². The molecule has 0 spiro atoms. The first-order chi connectivity index (χ1) is 8.08. The van der Waals surface area contributed by atoms with Crippen molar-refractivity contribution in [2.45, 2.75) is 19.4 Å². The van der Waals surface area contributed by atoms with E-state index in [9.17, 15) is 9.50 Å². The van der Waals surface area contributed by atoms with Gasteiger partial charge in [-0.15, -0.1) is 0 Å². The minimum Gasteiger partial charge on any atom is -0.388 e. The Morgan fingerprint density at radius 2 is 2.18 bits per heavy atom. The third-order valence-corrected chi connectivity index (χ3v) is 4.33. The summed E-state index contributed by atoms with van der Waals surface area (Å²) in [5.74, 6) is -0.280. The van der Waals surface area contributed by atoms with E-state index in [1.165, 1.54) is 12.1 Å². The van der Waals surface area contributed by atoms with Crippen LogP contribution < -0.4 is 0 Å². The maximum atomic E-state index is 13.1. The van der Waals surface area contributed by atoms with Crippen molar-refractivity contribution in [3.8, 4) is 0 Å². The first-order valence-electron chi connectivity index (χ1n) is 5.22. The van der Waals surface area contributed by atoms with Gasteiger partial charge in [-0.2, -0.15) is 11.3 Å². The topological polar surface area (TPSA) is 20.2 Å². The molecular weight excluding hydrogens is 303 g/mol. The second kappa shape index (κ2) is 5.29. The molecule has 0 aliphatic carbocycles. The van der Waals surface area contributed by atoms with Gasteiger partial charge in [-0.1, -0.05) is 15.9 Å². The molecule has 0 amide bonds. The maximum Gasteiger partial charge on any atom is 0.123 e. The van der Waals surface area contributed by atoms with Crippen LogP contribution in [0.2, 0.25) is 0 Å². The van der Waals surface area contributed by atoms with E-state index in [1.54, 1.807) is 17.4 Å². The summed E-state index contributed by atoms with van der Waals surface area (Å²) in [6, 6.07) is 4.52. The van der Waals surface area contributed by atoms with E-state index in [0.29, 0.717) is 6.42 Å². The molecule has 1 aromatic heterocycles. The Bertz CT molecular complexity index is 524. The highest BCUT2D eigenvalue weighted by molar-refractivity contribution is 9.10. The summed E-state index contributed by atoms with van der Waals surface area (Å²) in [6.07, 6.45) is -0.171. The van der Waals surface area contributed by atoms with Gasteiger partial charge < -0.3 is 5.11 Å². The van der Waals surface area contributed by atoms with Crippen molar-refractivity contribution in [1.29, 1.82) is 0 Å². The predicted octanol–water partition coefficient (Wildman–Crippen LogP) is 4.23. The van der Waals surface area contributed by atoms with Crippen LogP contribution in [0.3, 0.4) is 0 Å². The lowest BCUT2D eigenvalue weighted by molar-refractivity contribution is 0.178. The molecule has 4 heteroatoms. The van der Waals surface area contributed by atoms with E-state index in [0.717, 1.165) is 21.2 Å². The predicted molar refractivity (Wildman–Crippen MR) is 71.8 cm³/mol. The van der Waals surface area contributed by atoms with Crippen molar-refractivity contribution < 1.29 is 9.50 Å². The lowest BCUT2D eigenvalue weighted by Crippen LogP contribution is -2.03. The molecule has 1 atom stereocenters. The Kier molecular flexibility index (Phi) is 3.97. The maximum absolute atomic E-state index is 13.1. The lowest BCUT2D eigenvalue weighted by atomic mass is 10.0. The van der Waals surface area contributed by atoms with Gasteiger partial charge in [0, 0.05) is 10.9 Å². The first kappa shape index (κ1) is 12.7. The Balaban J connectivity index is 2.21. The van der Waals surface area contributed by atoms with Crippen LogP contribution in [0.5, 0.6) is 0 Å². The molecule has 1 aromatic carbocycles. The van der Waals surface area contributed by atoms with Gasteiger partial charge in [0.15, 0.2) is 0 Å². The van der Waals surface area contributed by atoms with Crippen LogP contribution in [-0.4, -0.2) is 5.11 Å². The summed E-state index contributed by atoms with van der Waals surface area (Å²) in [7, 11) is 0. The van der Waals surface area contributed by atoms with Crippen molar-refractivity contribution in [1.82, 2.24) is 0 Å². The lowest BCUT2D eigenvalue weighted by Gasteiger charge is -2.12. The molecule has 2 aromatic rings. The molecule has 0 radical (unpaired) electrons. The normalized spacial score (nSPS) is 12.7. The van der Waals surface area contributed by atoms with Gasteiger partial charge in [-0.25, -0.2) is 4.39 Å². The number of aryl methyl sites for hydroxylation is 1. The van der Waals surface area contributed by atoms with E-state index in [1.807, 2.05) is 17.7 Å². The summed E-state index contributed by atoms with van der Waals surface area (Å²) >= 11 is 4.93. The van der Waals surface area contributed by atoms with Crippen LogP contribution in [0.1, 0.15) is 22.8 Å². The zero-order valence-corrected chi connectivity index (χ0v) is 11.7. The van der Waals surface area contributed by atoms with E-state index in [-0.39, 0.29) is 5.82 Å². The quantitative estimate of drug-likeness (QED) is 0.898. The van der Waals surface area contributed by atoms with E-state index < -0.39 is 6.10 Å². The summed E-state index contributed by atoms with van der Waals surface area (Å²) in [5, 5.41) is 14.1. The van der Waals surface area contributed by atoms with Crippen LogP contribution in [0, 0.1) is 12.7 Å². The van der Waals surface area contributed by atoms with Gasteiger partial charge in [0.1, 0.15) is 5.82 Å². The number of benzene rings is 1. The largest absolute Gasteiger partial charge is 0.388 e. The highest BCUT2D eigenvalue weighted by Crippen LogP contribution is 2.28. The third kappa shape index (κ3) is 2.94. The van der Waals surface area contributed by atoms with E-state index in [2.05, 4.69) is 15.9 Å². The average molecular weight is 315 g/mol. The van der Waals surface area contributed by atoms with E-state index in [4.69, 9.17) is 0 Å². The molecule has 1 N–H and O–H groups in total.